The van der Waals surface area contributed by atoms with Crippen LogP contribution in [-0.4, -0.2) is 5.97 Å². The van der Waals surface area contributed by atoms with Gasteiger partial charge >= 0.3 is 5.97 Å². The van der Waals surface area contributed by atoms with Gasteiger partial charge in [-0.25, -0.2) is 4.79 Å². The Morgan fingerprint density at radius 2 is 1.64 bits per heavy atom. The van der Waals surface area contributed by atoms with Gasteiger partial charge < -0.3 is 4.84 Å². The number of rotatable bonds is 5. The first-order valence-corrected chi connectivity index (χ1v) is 7.70. The van der Waals surface area contributed by atoms with Crippen molar-refractivity contribution in [3.8, 4) is 0 Å². The monoisotopic (exact) mass is 297 g/mol. The minimum absolute atomic E-state index is 0.487. The summed E-state index contributed by atoms with van der Waals surface area (Å²) in [6.07, 6.45) is 2.68. The van der Waals surface area contributed by atoms with Crippen molar-refractivity contribution in [1.29, 1.82) is 0 Å². The molecule has 0 saturated carbocycles. The summed E-state index contributed by atoms with van der Waals surface area (Å²) in [6, 6.07) is 12.0. The molecule has 3 nitrogen and oxygen atoms in total. The summed E-state index contributed by atoms with van der Waals surface area (Å²) in [5.74, 6) is 4.56. The van der Waals surface area contributed by atoms with E-state index in [0.717, 1.165) is 24.8 Å². The second-order valence-corrected chi connectivity index (χ2v) is 5.51. The molecule has 0 amide bonds. The zero-order valence-corrected chi connectivity index (χ0v) is 13.5. The molecule has 22 heavy (non-hydrogen) atoms. The molecule has 0 fully saturated rings. The second-order valence-electron chi connectivity index (χ2n) is 5.51. The minimum Gasteiger partial charge on any atom is -0.370 e. The van der Waals surface area contributed by atoms with Crippen LogP contribution in [-0.2, 0) is 24.1 Å². The Bertz CT molecular complexity index is 652. The van der Waals surface area contributed by atoms with E-state index >= 15 is 0 Å². The molecule has 2 N–H and O–H groups in total. The smallest absolute Gasteiger partial charge is 0.356 e. The van der Waals surface area contributed by atoms with Crippen LogP contribution in [0.4, 0.5) is 0 Å². The van der Waals surface area contributed by atoms with Gasteiger partial charge in [-0.3, -0.25) is 0 Å². The van der Waals surface area contributed by atoms with Crippen LogP contribution in [0.1, 0.15) is 52.0 Å². The maximum absolute atomic E-state index is 11.8. The maximum Gasteiger partial charge on any atom is 0.356 e. The van der Waals surface area contributed by atoms with Crippen LogP contribution in [0.15, 0.2) is 36.4 Å². The van der Waals surface area contributed by atoms with E-state index in [9.17, 15) is 4.79 Å². The van der Waals surface area contributed by atoms with Gasteiger partial charge in [0, 0.05) is 0 Å². The lowest BCUT2D eigenvalue weighted by Crippen LogP contribution is -2.13. The molecule has 3 heteroatoms. The lowest BCUT2D eigenvalue weighted by atomic mass is 9.89. The van der Waals surface area contributed by atoms with Crippen LogP contribution in [0.3, 0.4) is 0 Å². The van der Waals surface area contributed by atoms with Crippen LogP contribution in [0.25, 0.3) is 0 Å². The summed E-state index contributed by atoms with van der Waals surface area (Å²) in [5.41, 5.74) is 6.77. The molecule has 0 aliphatic rings. The summed E-state index contributed by atoms with van der Waals surface area (Å²) >= 11 is 0. The van der Waals surface area contributed by atoms with Crippen molar-refractivity contribution in [3.05, 3.63) is 69.8 Å². The van der Waals surface area contributed by atoms with E-state index in [-0.39, 0.29) is 0 Å². The van der Waals surface area contributed by atoms with Gasteiger partial charge in [-0.05, 0) is 54.5 Å². The zero-order chi connectivity index (χ0) is 16.1. The molecule has 2 aromatic rings. The molecule has 0 aliphatic carbocycles. The molecule has 2 rings (SSSR count). The van der Waals surface area contributed by atoms with Crippen molar-refractivity contribution < 1.29 is 9.63 Å². The summed E-state index contributed by atoms with van der Waals surface area (Å²) in [5, 5.41) is 0. The van der Waals surface area contributed by atoms with Gasteiger partial charge in [0.05, 0.1) is 5.56 Å². The topological polar surface area (TPSA) is 52.3 Å². The van der Waals surface area contributed by atoms with E-state index in [4.69, 9.17) is 5.90 Å². The highest BCUT2D eigenvalue weighted by atomic mass is 16.7. The van der Waals surface area contributed by atoms with Gasteiger partial charge in [-0.15, -0.1) is 0 Å². The van der Waals surface area contributed by atoms with Crippen LogP contribution < -0.4 is 5.90 Å². The van der Waals surface area contributed by atoms with Gasteiger partial charge in [0.25, 0.3) is 0 Å². The number of carbonyl (C=O) groups is 1. The van der Waals surface area contributed by atoms with Gasteiger partial charge in [-0.2, -0.15) is 5.90 Å². The molecule has 0 atom stereocenters. The largest absolute Gasteiger partial charge is 0.370 e. The van der Waals surface area contributed by atoms with E-state index in [1.165, 1.54) is 22.3 Å². The number of benzene rings is 2. The maximum atomic E-state index is 11.8. The fourth-order valence-corrected chi connectivity index (χ4v) is 2.96. The highest BCUT2D eigenvalue weighted by molar-refractivity contribution is 5.91. The Labute approximate surface area is 132 Å². The van der Waals surface area contributed by atoms with Gasteiger partial charge in [-0.1, -0.05) is 49.7 Å². The van der Waals surface area contributed by atoms with Crippen molar-refractivity contribution in [3.63, 3.8) is 0 Å². The summed E-state index contributed by atoms with van der Waals surface area (Å²) in [4.78, 5) is 16.2. The Morgan fingerprint density at radius 1 is 1.05 bits per heavy atom. The predicted octanol–water partition coefficient (Wildman–Crippen LogP) is 3.74. The molecular weight excluding hydrogens is 274 g/mol. The van der Waals surface area contributed by atoms with Crippen molar-refractivity contribution in [2.24, 2.45) is 5.90 Å². The Balaban J connectivity index is 2.50. The molecule has 0 saturated heterocycles. The standard InChI is InChI=1S/C19H23NO2/c1-4-14-10-13(3)11-15(5-2)18(14)12-16-8-6-7-9-17(16)19(21)22-20/h6-11H,4-5,12,20H2,1-3H3. The number of hydrogen-bond acceptors (Lipinski definition) is 3. The molecule has 116 valence electrons. The lowest BCUT2D eigenvalue weighted by molar-refractivity contribution is 0.0502. The Hall–Kier alpha value is -2.13. The first-order valence-electron chi connectivity index (χ1n) is 7.70. The second kappa shape index (κ2) is 7.23. The summed E-state index contributed by atoms with van der Waals surface area (Å²) in [7, 11) is 0. The molecule has 2 aromatic carbocycles. The molecule has 0 bridgehead atoms. The Kier molecular flexibility index (Phi) is 5.34. The molecule has 0 radical (unpaired) electrons. The third-order valence-corrected chi connectivity index (χ3v) is 4.05. The van der Waals surface area contributed by atoms with Crippen LogP contribution in [0, 0.1) is 6.92 Å². The van der Waals surface area contributed by atoms with E-state index < -0.39 is 5.97 Å². The van der Waals surface area contributed by atoms with E-state index in [2.05, 4.69) is 37.7 Å². The highest BCUT2D eigenvalue weighted by Crippen LogP contribution is 2.24. The Morgan fingerprint density at radius 3 is 2.18 bits per heavy atom. The number of nitrogens with two attached hydrogens (primary N) is 1. The fraction of sp³-hybridized carbons (Fsp3) is 0.316. The molecule has 0 spiro atoms. The van der Waals surface area contributed by atoms with Crippen LogP contribution >= 0.6 is 0 Å². The zero-order valence-electron chi connectivity index (χ0n) is 13.5. The van der Waals surface area contributed by atoms with Crippen LogP contribution in [0.2, 0.25) is 0 Å². The van der Waals surface area contributed by atoms with Gasteiger partial charge in [0.1, 0.15) is 0 Å². The van der Waals surface area contributed by atoms with Crippen LogP contribution in [0.5, 0.6) is 0 Å². The normalized spacial score (nSPS) is 10.5. The molecular formula is C19H23NO2. The SMILES string of the molecule is CCc1cc(C)cc(CC)c1Cc1ccccc1C(=O)ON. The number of aryl methyl sites for hydroxylation is 3. The van der Waals surface area contributed by atoms with Gasteiger partial charge in [0.15, 0.2) is 0 Å². The molecule has 0 heterocycles. The predicted molar refractivity (Wildman–Crippen MR) is 88.8 cm³/mol. The summed E-state index contributed by atoms with van der Waals surface area (Å²) < 4.78 is 0. The molecule has 0 aromatic heterocycles. The third-order valence-electron chi connectivity index (χ3n) is 4.05. The minimum atomic E-state index is -0.487. The summed E-state index contributed by atoms with van der Waals surface area (Å²) in [6.45, 7) is 6.46. The van der Waals surface area contributed by atoms with Crippen molar-refractivity contribution in [1.82, 2.24) is 0 Å². The van der Waals surface area contributed by atoms with E-state index in [0.29, 0.717) is 5.56 Å². The average molecular weight is 297 g/mol. The number of carbonyl (C=O) groups excluding carboxylic acids is 1. The number of hydrogen-bond donors (Lipinski definition) is 1. The van der Waals surface area contributed by atoms with Crippen molar-refractivity contribution >= 4 is 5.97 Å². The van der Waals surface area contributed by atoms with Gasteiger partial charge in [0.2, 0.25) is 0 Å². The highest BCUT2D eigenvalue weighted by Gasteiger charge is 2.15. The molecule has 0 aliphatic heterocycles. The van der Waals surface area contributed by atoms with Crippen molar-refractivity contribution in [2.45, 2.75) is 40.0 Å². The first-order chi connectivity index (χ1) is 10.6. The first kappa shape index (κ1) is 16.2. The van der Waals surface area contributed by atoms with Crippen molar-refractivity contribution in [2.75, 3.05) is 0 Å². The lowest BCUT2D eigenvalue weighted by Gasteiger charge is -2.16. The molecule has 0 unspecified atom stereocenters. The third kappa shape index (κ3) is 3.37. The average Bonchev–Trinajstić information content (AvgIpc) is 2.55. The fourth-order valence-electron chi connectivity index (χ4n) is 2.96. The quantitative estimate of drug-likeness (QED) is 0.855. The van der Waals surface area contributed by atoms with E-state index in [1.807, 2.05) is 18.2 Å². The van der Waals surface area contributed by atoms with E-state index in [1.54, 1.807) is 6.07 Å².